The number of nitro groups is 1. The molecule has 124 valence electrons. The number of ether oxygens (including phenoxy) is 1. The van der Waals surface area contributed by atoms with Gasteiger partial charge in [-0.3, -0.25) is 19.7 Å². The summed E-state index contributed by atoms with van der Waals surface area (Å²) in [5.41, 5.74) is 0.734. The molecule has 0 aliphatic heterocycles. The van der Waals surface area contributed by atoms with E-state index in [1.54, 1.807) is 18.2 Å². The number of carbonyl (C=O) groups excluding carboxylic acids is 2. The molecule has 0 amide bonds. The minimum atomic E-state index is -0.571. The number of methoxy groups -OCH3 is 1. The van der Waals surface area contributed by atoms with E-state index in [1.165, 1.54) is 25.3 Å². The molecule has 1 aliphatic carbocycles. The molecule has 0 aromatic heterocycles. The predicted molar refractivity (Wildman–Crippen MR) is 88.7 cm³/mol. The minimum Gasteiger partial charge on any atom is -0.469 e. The Labute approximate surface area is 139 Å². The van der Waals surface area contributed by atoms with Crippen LogP contribution >= 0.6 is 0 Å². The zero-order valence-corrected chi connectivity index (χ0v) is 13.4. The normalized spacial score (nSPS) is 16.2. The second-order valence-corrected chi connectivity index (χ2v) is 5.41. The Morgan fingerprint density at radius 1 is 1.29 bits per heavy atom. The number of esters is 1. The molecule has 0 spiro atoms. The Morgan fingerprint density at radius 2 is 2.04 bits per heavy atom. The standard InChI is InChI=1S/C18H17NO5/c1-12-4-3-5-13(7-6-12)18(21)16-11-15(19(22)23)9-8-14(16)10-17(20)24-2/h3-9,11-12H,10H2,1-2H3. The monoisotopic (exact) mass is 327 g/mol. The number of non-ortho nitro benzene ring substituents is 1. The molecule has 0 fully saturated rings. The molecule has 1 aromatic rings. The summed E-state index contributed by atoms with van der Waals surface area (Å²) < 4.78 is 4.62. The Morgan fingerprint density at radius 3 is 2.71 bits per heavy atom. The Hall–Kier alpha value is -3.02. The number of nitro benzene ring substituents is 1. The van der Waals surface area contributed by atoms with Crippen LogP contribution in [0.3, 0.4) is 0 Å². The summed E-state index contributed by atoms with van der Waals surface area (Å²) in [6, 6.07) is 3.89. The van der Waals surface area contributed by atoms with Gasteiger partial charge in [0.15, 0.2) is 5.78 Å². The van der Waals surface area contributed by atoms with Crippen molar-refractivity contribution >= 4 is 17.4 Å². The summed E-state index contributed by atoms with van der Waals surface area (Å²) in [7, 11) is 1.25. The highest BCUT2D eigenvalue weighted by Crippen LogP contribution is 2.23. The lowest BCUT2D eigenvalue weighted by Gasteiger charge is -2.08. The van der Waals surface area contributed by atoms with Gasteiger partial charge in [-0.1, -0.05) is 43.4 Å². The molecule has 1 atom stereocenters. The van der Waals surface area contributed by atoms with Gasteiger partial charge in [-0.2, -0.15) is 0 Å². The van der Waals surface area contributed by atoms with E-state index in [-0.39, 0.29) is 29.4 Å². The van der Waals surface area contributed by atoms with Crippen LogP contribution in [0.4, 0.5) is 5.69 Å². The summed E-state index contributed by atoms with van der Waals surface area (Å²) in [5, 5.41) is 11.0. The molecule has 6 nitrogen and oxygen atoms in total. The van der Waals surface area contributed by atoms with Crippen molar-refractivity contribution in [3.63, 3.8) is 0 Å². The first-order chi connectivity index (χ1) is 11.4. The molecule has 1 unspecified atom stereocenters. The number of nitrogens with zero attached hydrogens (tertiary/aromatic N) is 1. The molecule has 0 bridgehead atoms. The van der Waals surface area contributed by atoms with Gasteiger partial charge in [0.1, 0.15) is 0 Å². The summed E-state index contributed by atoms with van der Waals surface area (Å²) in [6.45, 7) is 1.98. The average molecular weight is 327 g/mol. The molecule has 0 radical (unpaired) electrons. The van der Waals surface area contributed by atoms with Gasteiger partial charge in [0.25, 0.3) is 5.69 Å². The van der Waals surface area contributed by atoms with Crippen molar-refractivity contribution in [1.29, 1.82) is 0 Å². The van der Waals surface area contributed by atoms with Gasteiger partial charge in [-0.15, -0.1) is 0 Å². The van der Waals surface area contributed by atoms with Gasteiger partial charge in [-0.05, 0) is 11.5 Å². The molecule has 0 saturated heterocycles. The fraction of sp³-hybridized carbons (Fsp3) is 0.222. The van der Waals surface area contributed by atoms with Gasteiger partial charge >= 0.3 is 5.97 Å². The smallest absolute Gasteiger partial charge is 0.310 e. The molecule has 0 saturated carbocycles. The third-order valence-electron chi connectivity index (χ3n) is 3.64. The van der Waals surface area contributed by atoms with E-state index < -0.39 is 10.9 Å². The van der Waals surface area contributed by atoms with Crippen molar-refractivity contribution in [2.45, 2.75) is 13.3 Å². The number of hydrogen-bond acceptors (Lipinski definition) is 5. The highest BCUT2D eigenvalue weighted by Gasteiger charge is 2.20. The van der Waals surface area contributed by atoms with E-state index in [0.717, 1.165) is 0 Å². The van der Waals surface area contributed by atoms with Crippen LogP contribution in [-0.4, -0.2) is 23.8 Å². The largest absolute Gasteiger partial charge is 0.469 e. The van der Waals surface area contributed by atoms with Crippen LogP contribution in [0.5, 0.6) is 0 Å². The second kappa shape index (κ2) is 7.50. The third-order valence-corrected chi connectivity index (χ3v) is 3.64. The lowest BCUT2D eigenvalue weighted by Crippen LogP contribution is -2.12. The second-order valence-electron chi connectivity index (χ2n) is 5.41. The molecular weight excluding hydrogens is 310 g/mol. The summed E-state index contributed by atoms with van der Waals surface area (Å²) >= 11 is 0. The van der Waals surface area contributed by atoms with Gasteiger partial charge < -0.3 is 4.74 Å². The van der Waals surface area contributed by atoms with Gasteiger partial charge in [0, 0.05) is 23.3 Å². The Balaban J connectivity index is 2.47. The zero-order chi connectivity index (χ0) is 17.7. The van der Waals surface area contributed by atoms with E-state index >= 15 is 0 Å². The Kier molecular flexibility index (Phi) is 5.42. The molecule has 1 aromatic carbocycles. The van der Waals surface area contributed by atoms with Crippen molar-refractivity contribution < 1.29 is 19.2 Å². The van der Waals surface area contributed by atoms with Crippen LogP contribution in [0.25, 0.3) is 0 Å². The van der Waals surface area contributed by atoms with Gasteiger partial charge in [-0.25, -0.2) is 0 Å². The van der Waals surface area contributed by atoms with E-state index in [1.807, 2.05) is 19.1 Å². The van der Waals surface area contributed by atoms with Crippen LogP contribution in [0.1, 0.15) is 22.8 Å². The van der Waals surface area contributed by atoms with Crippen LogP contribution in [0.15, 0.2) is 54.2 Å². The van der Waals surface area contributed by atoms with E-state index in [0.29, 0.717) is 11.1 Å². The van der Waals surface area contributed by atoms with Crippen molar-refractivity contribution in [3.8, 4) is 0 Å². The van der Waals surface area contributed by atoms with Crippen molar-refractivity contribution in [3.05, 3.63) is 75.4 Å². The molecule has 0 heterocycles. The van der Waals surface area contributed by atoms with E-state index in [9.17, 15) is 19.7 Å². The number of carbonyl (C=O) groups is 2. The lowest BCUT2D eigenvalue weighted by atomic mass is 9.95. The number of hydrogen-bond donors (Lipinski definition) is 0. The SMILES string of the molecule is COC(=O)Cc1ccc([N+](=O)[O-])cc1C(=O)C1=CC=CC(C)C=C1. The maximum Gasteiger partial charge on any atom is 0.310 e. The quantitative estimate of drug-likeness (QED) is 0.359. The zero-order valence-electron chi connectivity index (χ0n) is 13.4. The fourth-order valence-corrected chi connectivity index (χ4v) is 2.29. The predicted octanol–water partition coefficient (Wildman–Crippen LogP) is 3.18. The highest BCUT2D eigenvalue weighted by molar-refractivity contribution is 6.12. The molecular formula is C18H17NO5. The van der Waals surface area contributed by atoms with Crippen molar-refractivity contribution in [1.82, 2.24) is 0 Å². The maximum absolute atomic E-state index is 12.8. The number of benzene rings is 1. The summed E-state index contributed by atoms with van der Waals surface area (Å²) in [6.07, 6.45) is 8.79. The molecule has 6 heteroatoms. The summed E-state index contributed by atoms with van der Waals surface area (Å²) in [5.74, 6) is -0.699. The number of rotatable bonds is 5. The molecule has 0 N–H and O–H groups in total. The number of allylic oxidation sites excluding steroid dienone is 6. The van der Waals surface area contributed by atoms with Crippen molar-refractivity contribution in [2.75, 3.05) is 7.11 Å². The highest BCUT2D eigenvalue weighted by atomic mass is 16.6. The lowest BCUT2D eigenvalue weighted by molar-refractivity contribution is -0.384. The third kappa shape index (κ3) is 4.04. The van der Waals surface area contributed by atoms with Crippen LogP contribution in [-0.2, 0) is 16.0 Å². The van der Waals surface area contributed by atoms with Gasteiger partial charge in [0.05, 0.1) is 18.5 Å². The van der Waals surface area contributed by atoms with Crippen molar-refractivity contribution in [2.24, 2.45) is 5.92 Å². The van der Waals surface area contributed by atoms with Crippen LogP contribution in [0.2, 0.25) is 0 Å². The number of ketones is 1. The molecule has 1 aliphatic rings. The maximum atomic E-state index is 12.8. The summed E-state index contributed by atoms with van der Waals surface area (Å²) in [4.78, 5) is 34.8. The van der Waals surface area contributed by atoms with Crippen LogP contribution < -0.4 is 0 Å². The topological polar surface area (TPSA) is 86.5 Å². The van der Waals surface area contributed by atoms with Crippen LogP contribution in [0, 0.1) is 16.0 Å². The molecule has 2 rings (SSSR count). The average Bonchev–Trinajstić information content (AvgIpc) is 2.78. The first kappa shape index (κ1) is 17.3. The fourth-order valence-electron chi connectivity index (χ4n) is 2.29. The van der Waals surface area contributed by atoms with Gasteiger partial charge in [0.2, 0.25) is 0 Å². The first-order valence-corrected chi connectivity index (χ1v) is 7.38. The molecule has 24 heavy (non-hydrogen) atoms. The van der Waals surface area contributed by atoms with E-state index in [4.69, 9.17) is 0 Å². The minimum absolute atomic E-state index is 0.126. The van der Waals surface area contributed by atoms with E-state index in [2.05, 4.69) is 4.74 Å². The Bertz CT molecular complexity index is 774. The first-order valence-electron chi connectivity index (χ1n) is 7.38. The number of Topliss-reactive ketones (excluding diaryl/α,β-unsaturated/α-hetero) is 1.